The van der Waals surface area contributed by atoms with Gasteiger partial charge in [0, 0.05) is 75.5 Å². The summed E-state index contributed by atoms with van der Waals surface area (Å²) in [4.78, 5) is 47.5. The summed E-state index contributed by atoms with van der Waals surface area (Å²) in [6, 6.07) is 15.6. The molecule has 4 aliphatic rings. The molecule has 3 aliphatic heterocycles. The van der Waals surface area contributed by atoms with Crippen LogP contribution >= 0.6 is 0 Å². The molecule has 4 atom stereocenters. The van der Waals surface area contributed by atoms with Gasteiger partial charge in [-0.2, -0.15) is 0 Å². The zero-order valence-electron chi connectivity index (χ0n) is 45.5. The third-order valence-electron chi connectivity index (χ3n) is 13.8. The maximum Gasteiger partial charge on any atom is 0.407 e. The number of likely N-dealkylation sites (N-methyl/N-ethyl adjacent to an activating group) is 1. The Morgan fingerprint density at radius 2 is 1.60 bits per heavy atom. The number of fused-ring (bicyclic) bond motifs is 2. The number of carbonyl (C=O) groups excluding carboxylic acids is 3. The number of ether oxygens (including phenoxy) is 5. The normalized spacial score (nSPS) is 18.9. The molecule has 4 amide bonds. The van der Waals surface area contributed by atoms with Crippen LogP contribution in [0.1, 0.15) is 89.2 Å². The number of hydrogen-bond donors (Lipinski definition) is 3. The molecular weight excluding hydrogens is 933 g/mol. The molecule has 6 rings (SSSR count). The van der Waals surface area contributed by atoms with Gasteiger partial charge in [-0.15, -0.1) is 0 Å². The van der Waals surface area contributed by atoms with E-state index in [9.17, 15) is 14.4 Å². The lowest BCUT2D eigenvalue weighted by Crippen LogP contribution is -2.56. The SMILES string of the molecule is [2H]CC1OC(N2C=C(C)C(NCCCOCCOCCOCCCNC(=O)OCCN(C)C(=O)c3ccccc3-c3c4cc(C)/c(=N/CC)cc-4oc4cc(C)c(C)cc34)NC2=O)CC1O[Si](C)(C)C(C)(C)C. The molecule has 3 heterocycles. The standard InChI is InChI=1S/C55H80N6O10Si/c1-13-56-45-33-48-44(31-38(45)4)50(43-30-36(2)37(3)32-47(43)70-48)41-18-14-15-19-42(41)52(62)60(10)22-25-68-54(64)58-21-17-24-66-27-29-67-28-26-65-23-16-20-57-51-39(5)35-61(53(63)59-51)49-34-46(40(6)69-49)71-72(11,12)55(7,8)9/h14-15,18-19,30-33,35,40,46,49,51,57H,13,16-17,20-29,34H2,1-12H3,(H,58,64)(H,59,63)/b56-45+/i6D. The molecule has 17 heteroatoms. The Balaban J connectivity index is 0.814. The van der Waals surface area contributed by atoms with E-state index >= 15 is 0 Å². The number of amides is 4. The van der Waals surface area contributed by atoms with Gasteiger partial charge in [-0.3, -0.25) is 20.0 Å². The molecule has 0 radical (unpaired) electrons. The Hall–Kier alpha value is -5.14. The topological polar surface area (TPSA) is 175 Å². The number of benzene rings is 3. The number of aryl methyl sites for hydroxylation is 3. The molecule has 0 bridgehead atoms. The minimum atomic E-state index is -2.07. The van der Waals surface area contributed by atoms with Gasteiger partial charge in [-0.25, -0.2) is 9.59 Å². The van der Waals surface area contributed by atoms with E-state index in [1.165, 1.54) is 0 Å². The zero-order valence-corrected chi connectivity index (χ0v) is 45.5. The van der Waals surface area contributed by atoms with E-state index in [0.29, 0.717) is 83.4 Å². The number of nitrogens with zero attached hydrogens (tertiary/aromatic N) is 3. The second-order valence-electron chi connectivity index (χ2n) is 20.3. The van der Waals surface area contributed by atoms with Crippen molar-refractivity contribution >= 4 is 37.3 Å². The van der Waals surface area contributed by atoms with Gasteiger partial charge in [0.25, 0.3) is 5.91 Å². The van der Waals surface area contributed by atoms with Crippen LogP contribution in [0.15, 0.2) is 69.7 Å². The summed E-state index contributed by atoms with van der Waals surface area (Å²) in [7, 11) is -0.365. The second-order valence-corrected chi connectivity index (χ2v) is 25.1. The van der Waals surface area contributed by atoms with Crippen LogP contribution in [0.2, 0.25) is 18.1 Å². The van der Waals surface area contributed by atoms with Gasteiger partial charge in [0.15, 0.2) is 8.32 Å². The molecule has 0 saturated carbocycles. The minimum absolute atomic E-state index is 0.0282. The van der Waals surface area contributed by atoms with Crippen molar-refractivity contribution < 1.29 is 48.3 Å². The highest BCUT2D eigenvalue weighted by Gasteiger charge is 2.45. The maximum absolute atomic E-state index is 14.1. The molecule has 2 aromatic rings. The maximum atomic E-state index is 14.1. The Labute approximate surface area is 429 Å². The van der Waals surface area contributed by atoms with Crippen LogP contribution in [0.25, 0.3) is 33.4 Å². The third kappa shape index (κ3) is 14.5. The number of hydrogen-bond acceptors (Lipinski definition) is 12. The molecule has 3 N–H and O–H groups in total. The fourth-order valence-electron chi connectivity index (χ4n) is 8.41. The Morgan fingerprint density at radius 3 is 2.29 bits per heavy atom. The van der Waals surface area contributed by atoms with E-state index in [2.05, 4.69) is 80.8 Å². The van der Waals surface area contributed by atoms with Gasteiger partial charge in [0.1, 0.15) is 30.3 Å². The Bertz CT molecular complexity index is 2580. The number of carbonyl (C=O) groups is 3. The van der Waals surface area contributed by atoms with Crippen LogP contribution in [0.3, 0.4) is 0 Å². The van der Waals surface area contributed by atoms with Crippen LogP contribution in [0.4, 0.5) is 9.59 Å². The summed E-state index contributed by atoms with van der Waals surface area (Å²) in [5.41, 5.74) is 8.10. The first-order valence-corrected chi connectivity index (χ1v) is 28.3. The highest BCUT2D eigenvalue weighted by atomic mass is 28.4. The highest BCUT2D eigenvalue weighted by molar-refractivity contribution is 6.74. The average molecular weight is 1010 g/mol. The van der Waals surface area contributed by atoms with Gasteiger partial charge >= 0.3 is 12.1 Å². The minimum Gasteiger partial charge on any atom is -0.456 e. The number of rotatable bonds is 24. The van der Waals surface area contributed by atoms with Crippen molar-refractivity contribution in [1.29, 1.82) is 0 Å². The van der Waals surface area contributed by atoms with Crippen molar-refractivity contribution in [2.75, 3.05) is 79.5 Å². The summed E-state index contributed by atoms with van der Waals surface area (Å²) < 4.78 is 49.8. The lowest BCUT2D eigenvalue weighted by molar-refractivity contribution is -0.0229. The number of urea groups is 1. The lowest BCUT2D eigenvalue weighted by Gasteiger charge is -2.39. The lowest BCUT2D eigenvalue weighted by atomic mass is 9.88. The van der Waals surface area contributed by atoms with E-state index < -0.39 is 20.6 Å². The van der Waals surface area contributed by atoms with Crippen molar-refractivity contribution in [3.8, 4) is 22.5 Å². The largest absolute Gasteiger partial charge is 0.456 e. The van der Waals surface area contributed by atoms with Gasteiger partial charge in [0.05, 0.1) is 50.5 Å². The van der Waals surface area contributed by atoms with Crippen molar-refractivity contribution in [3.05, 3.63) is 87.9 Å². The van der Waals surface area contributed by atoms with Crippen LogP contribution in [-0.2, 0) is 28.1 Å². The van der Waals surface area contributed by atoms with Crippen molar-refractivity contribution in [1.82, 2.24) is 25.8 Å². The summed E-state index contributed by atoms with van der Waals surface area (Å²) in [5, 5.41) is 11.0. The van der Waals surface area contributed by atoms with Crippen molar-refractivity contribution in [2.24, 2.45) is 4.99 Å². The third-order valence-corrected chi connectivity index (χ3v) is 18.3. The van der Waals surface area contributed by atoms with Gasteiger partial charge in [-0.1, -0.05) is 39.0 Å². The molecular formula is C55H80N6O10Si. The zero-order chi connectivity index (χ0) is 52.9. The smallest absolute Gasteiger partial charge is 0.407 e. The van der Waals surface area contributed by atoms with Gasteiger partial charge in [-0.05, 0) is 131 Å². The van der Waals surface area contributed by atoms with Gasteiger partial charge in [0.2, 0.25) is 0 Å². The molecule has 394 valence electrons. The Morgan fingerprint density at radius 1 is 0.917 bits per heavy atom. The summed E-state index contributed by atoms with van der Waals surface area (Å²) >= 11 is 0. The first-order chi connectivity index (χ1) is 34.8. The summed E-state index contributed by atoms with van der Waals surface area (Å²) in [6.45, 7) is 25.8. The second kappa shape index (κ2) is 25.7. The van der Waals surface area contributed by atoms with Crippen LogP contribution in [-0.4, -0.2) is 140 Å². The van der Waals surface area contributed by atoms with Gasteiger partial charge < -0.3 is 48.1 Å². The average Bonchev–Trinajstić information content (AvgIpc) is 3.74. The monoisotopic (exact) mass is 1010 g/mol. The number of alkyl carbamates (subject to hydrolysis) is 1. The van der Waals surface area contributed by atoms with Crippen molar-refractivity contribution in [2.45, 2.75) is 124 Å². The molecule has 16 nitrogen and oxygen atoms in total. The molecule has 1 aliphatic carbocycles. The predicted molar refractivity (Wildman–Crippen MR) is 284 cm³/mol. The highest BCUT2D eigenvalue weighted by Crippen LogP contribution is 2.43. The fraction of sp³-hybridized carbons (Fsp3) is 0.564. The molecule has 72 heavy (non-hydrogen) atoms. The predicted octanol–water partition coefficient (Wildman–Crippen LogP) is 9.05. The van der Waals surface area contributed by atoms with E-state index in [0.717, 1.165) is 61.7 Å². The van der Waals surface area contributed by atoms with E-state index in [1.807, 2.05) is 63.4 Å². The first-order valence-electron chi connectivity index (χ1n) is 26.1. The van der Waals surface area contributed by atoms with E-state index in [4.69, 9.17) is 33.9 Å². The quantitative estimate of drug-likeness (QED) is 0.0347. The first kappa shape index (κ1) is 54.6. The van der Waals surface area contributed by atoms with E-state index in [1.54, 1.807) is 16.8 Å². The van der Waals surface area contributed by atoms with E-state index in [-0.39, 0.29) is 55.4 Å². The molecule has 0 aromatic heterocycles. The Kier molecular flexibility index (Phi) is 19.5. The molecule has 1 saturated heterocycles. The summed E-state index contributed by atoms with van der Waals surface area (Å²) in [6.07, 6.45) is 1.79. The molecule has 1 fully saturated rings. The molecule has 2 aromatic carbocycles. The van der Waals surface area contributed by atoms with Crippen LogP contribution in [0.5, 0.6) is 0 Å². The van der Waals surface area contributed by atoms with Crippen LogP contribution in [0, 0.1) is 20.8 Å². The van der Waals surface area contributed by atoms with Crippen LogP contribution < -0.4 is 21.3 Å². The summed E-state index contributed by atoms with van der Waals surface area (Å²) in [5.74, 6) is 0.508. The molecule has 0 spiro atoms. The fourth-order valence-corrected chi connectivity index (χ4v) is 9.77. The molecule has 4 unspecified atom stereocenters. The number of nitrogens with one attached hydrogen (secondary N) is 3. The van der Waals surface area contributed by atoms with Crippen molar-refractivity contribution in [3.63, 3.8) is 0 Å².